The maximum atomic E-state index is 13.2. The van der Waals surface area contributed by atoms with Crippen LogP contribution in [0.25, 0.3) is 28.2 Å². The van der Waals surface area contributed by atoms with E-state index in [-0.39, 0.29) is 5.91 Å². The van der Waals surface area contributed by atoms with E-state index in [1.165, 1.54) is 0 Å². The average molecular weight is 382 g/mol. The predicted molar refractivity (Wildman–Crippen MR) is 102 cm³/mol. The van der Waals surface area contributed by atoms with Crippen LogP contribution >= 0.6 is 11.6 Å². The van der Waals surface area contributed by atoms with Gasteiger partial charge in [0.15, 0.2) is 11.5 Å². The summed E-state index contributed by atoms with van der Waals surface area (Å²) >= 11 is 6.09. The Labute approximate surface area is 159 Å². The molecule has 0 radical (unpaired) electrons. The number of imidazole rings is 2. The standard InChI is InChI=1S/C19H16ClN5O2/c20-12-4-5-13-14(11-12)22-18(21-13)17-16(19(26)24-7-9-27-10-8-24)23-15-3-1-2-6-25(15)17/h1-6,11H,7-10H2,(H,21,22). The third kappa shape index (κ3) is 2.75. The first-order valence-electron chi connectivity index (χ1n) is 8.70. The Morgan fingerprint density at radius 2 is 2.00 bits per heavy atom. The van der Waals surface area contributed by atoms with Crippen molar-refractivity contribution in [3.63, 3.8) is 0 Å². The number of halogens is 1. The Kier molecular flexibility index (Phi) is 3.84. The van der Waals surface area contributed by atoms with Crippen LogP contribution in [-0.2, 0) is 4.74 Å². The van der Waals surface area contributed by atoms with E-state index in [4.69, 9.17) is 16.3 Å². The number of aromatic amines is 1. The van der Waals surface area contributed by atoms with Crippen LogP contribution in [0.4, 0.5) is 0 Å². The number of benzene rings is 1. The Hall–Kier alpha value is -2.90. The Morgan fingerprint density at radius 3 is 2.85 bits per heavy atom. The lowest BCUT2D eigenvalue weighted by atomic mass is 10.2. The van der Waals surface area contributed by atoms with Crippen molar-refractivity contribution in [3.8, 4) is 11.5 Å². The normalized spacial score (nSPS) is 14.9. The van der Waals surface area contributed by atoms with E-state index >= 15 is 0 Å². The predicted octanol–water partition coefficient (Wildman–Crippen LogP) is 3.00. The van der Waals surface area contributed by atoms with E-state index in [1.54, 1.807) is 11.0 Å². The zero-order valence-electron chi connectivity index (χ0n) is 14.4. The lowest BCUT2D eigenvalue weighted by Gasteiger charge is -2.26. The number of hydrogen-bond donors (Lipinski definition) is 1. The van der Waals surface area contributed by atoms with Crippen LogP contribution in [0.3, 0.4) is 0 Å². The summed E-state index contributed by atoms with van der Waals surface area (Å²) in [7, 11) is 0. The molecule has 136 valence electrons. The van der Waals surface area contributed by atoms with Crippen LogP contribution in [0.1, 0.15) is 10.5 Å². The molecule has 1 saturated heterocycles. The highest BCUT2D eigenvalue weighted by Gasteiger charge is 2.27. The highest BCUT2D eigenvalue weighted by molar-refractivity contribution is 6.31. The molecule has 0 unspecified atom stereocenters. The fourth-order valence-electron chi connectivity index (χ4n) is 3.38. The maximum Gasteiger partial charge on any atom is 0.275 e. The van der Waals surface area contributed by atoms with E-state index in [0.717, 1.165) is 11.0 Å². The summed E-state index contributed by atoms with van der Waals surface area (Å²) in [5.41, 5.74) is 3.32. The van der Waals surface area contributed by atoms with Gasteiger partial charge in [-0.2, -0.15) is 0 Å². The van der Waals surface area contributed by atoms with Crippen LogP contribution in [-0.4, -0.2) is 56.5 Å². The van der Waals surface area contributed by atoms with Crippen molar-refractivity contribution < 1.29 is 9.53 Å². The Balaban J connectivity index is 1.70. The van der Waals surface area contributed by atoms with Gasteiger partial charge in [0, 0.05) is 24.3 Å². The zero-order valence-corrected chi connectivity index (χ0v) is 15.1. The van der Waals surface area contributed by atoms with Gasteiger partial charge in [0.05, 0.1) is 24.2 Å². The van der Waals surface area contributed by atoms with Crippen molar-refractivity contribution in [2.24, 2.45) is 0 Å². The molecule has 1 aliphatic rings. The minimum atomic E-state index is -0.115. The quantitative estimate of drug-likeness (QED) is 0.579. The second kappa shape index (κ2) is 6.37. The van der Waals surface area contributed by atoms with Crippen molar-refractivity contribution in [1.82, 2.24) is 24.3 Å². The molecule has 0 aliphatic carbocycles. The molecular weight excluding hydrogens is 366 g/mol. The second-order valence-corrected chi connectivity index (χ2v) is 6.83. The molecule has 1 amide bonds. The molecule has 27 heavy (non-hydrogen) atoms. The number of fused-ring (bicyclic) bond motifs is 2. The SMILES string of the molecule is O=C(c1nc2ccccn2c1-c1nc2ccc(Cl)cc2[nH]1)N1CCOCC1. The first-order chi connectivity index (χ1) is 13.2. The number of carbonyl (C=O) groups is 1. The Bertz CT molecular complexity index is 1160. The van der Waals surface area contributed by atoms with Crippen LogP contribution in [0.2, 0.25) is 5.02 Å². The minimum absolute atomic E-state index is 0.115. The van der Waals surface area contributed by atoms with Crippen LogP contribution in [0, 0.1) is 0 Å². The molecule has 5 rings (SSSR count). The molecule has 0 atom stereocenters. The maximum absolute atomic E-state index is 13.2. The van der Waals surface area contributed by atoms with E-state index in [0.29, 0.717) is 54.2 Å². The lowest BCUT2D eigenvalue weighted by molar-refractivity contribution is 0.0300. The van der Waals surface area contributed by atoms with E-state index in [2.05, 4.69) is 15.0 Å². The van der Waals surface area contributed by atoms with Gasteiger partial charge in [-0.15, -0.1) is 0 Å². The summed E-state index contributed by atoms with van der Waals surface area (Å²) in [5.74, 6) is 0.470. The number of morpholine rings is 1. The molecule has 4 heterocycles. The van der Waals surface area contributed by atoms with Gasteiger partial charge in [-0.1, -0.05) is 17.7 Å². The van der Waals surface area contributed by atoms with Gasteiger partial charge < -0.3 is 14.6 Å². The van der Waals surface area contributed by atoms with Gasteiger partial charge in [0.25, 0.3) is 5.91 Å². The highest BCUT2D eigenvalue weighted by Crippen LogP contribution is 2.27. The van der Waals surface area contributed by atoms with Gasteiger partial charge in [-0.05, 0) is 30.3 Å². The zero-order chi connectivity index (χ0) is 18.4. The van der Waals surface area contributed by atoms with Crippen LogP contribution in [0.5, 0.6) is 0 Å². The molecule has 8 heteroatoms. The molecule has 4 aromatic rings. The summed E-state index contributed by atoms with van der Waals surface area (Å²) in [6.07, 6.45) is 1.88. The van der Waals surface area contributed by atoms with Gasteiger partial charge in [-0.3, -0.25) is 9.20 Å². The summed E-state index contributed by atoms with van der Waals surface area (Å²) in [6, 6.07) is 11.1. The second-order valence-electron chi connectivity index (χ2n) is 6.39. The third-order valence-electron chi connectivity index (χ3n) is 4.70. The van der Waals surface area contributed by atoms with Gasteiger partial charge in [0.2, 0.25) is 0 Å². The first kappa shape index (κ1) is 16.3. The van der Waals surface area contributed by atoms with Gasteiger partial charge in [-0.25, -0.2) is 9.97 Å². The number of nitrogens with one attached hydrogen (secondary N) is 1. The molecular formula is C19H16ClN5O2. The molecule has 1 aliphatic heterocycles. The molecule has 1 N–H and O–H groups in total. The molecule has 7 nitrogen and oxygen atoms in total. The monoisotopic (exact) mass is 381 g/mol. The van der Waals surface area contributed by atoms with E-state index in [9.17, 15) is 4.79 Å². The fraction of sp³-hybridized carbons (Fsp3) is 0.211. The fourth-order valence-corrected chi connectivity index (χ4v) is 3.55. The molecule has 0 spiro atoms. The number of carbonyl (C=O) groups excluding carboxylic acids is 1. The Morgan fingerprint density at radius 1 is 1.15 bits per heavy atom. The van der Waals surface area contributed by atoms with Crippen molar-refractivity contribution in [2.75, 3.05) is 26.3 Å². The third-order valence-corrected chi connectivity index (χ3v) is 4.93. The van der Waals surface area contributed by atoms with Crippen molar-refractivity contribution >= 4 is 34.2 Å². The van der Waals surface area contributed by atoms with Crippen molar-refractivity contribution in [1.29, 1.82) is 0 Å². The summed E-state index contributed by atoms with van der Waals surface area (Å²) in [5, 5.41) is 0.625. The minimum Gasteiger partial charge on any atom is -0.378 e. The molecule has 0 bridgehead atoms. The number of amides is 1. The molecule has 1 aromatic carbocycles. The van der Waals surface area contributed by atoms with Crippen molar-refractivity contribution in [3.05, 3.63) is 53.3 Å². The highest BCUT2D eigenvalue weighted by atomic mass is 35.5. The summed E-state index contributed by atoms with van der Waals surface area (Å²) in [4.78, 5) is 27.5. The first-order valence-corrected chi connectivity index (χ1v) is 9.08. The summed E-state index contributed by atoms with van der Waals surface area (Å²) in [6.45, 7) is 2.19. The van der Waals surface area contributed by atoms with E-state index < -0.39 is 0 Å². The van der Waals surface area contributed by atoms with Gasteiger partial charge in [0.1, 0.15) is 11.3 Å². The largest absolute Gasteiger partial charge is 0.378 e. The number of H-pyrrole nitrogens is 1. The molecule has 3 aromatic heterocycles. The summed E-state index contributed by atoms with van der Waals surface area (Å²) < 4.78 is 7.24. The smallest absolute Gasteiger partial charge is 0.275 e. The van der Waals surface area contributed by atoms with Gasteiger partial charge >= 0.3 is 0 Å². The average Bonchev–Trinajstić information content (AvgIpc) is 3.28. The number of rotatable bonds is 2. The lowest BCUT2D eigenvalue weighted by Crippen LogP contribution is -2.41. The topological polar surface area (TPSA) is 75.5 Å². The number of pyridine rings is 1. The van der Waals surface area contributed by atoms with E-state index in [1.807, 2.05) is 40.9 Å². The van der Waals surface area contributed by atoms with Crippen LogP contribution in [0.15, 0.2) is 42.6 Å². The molecule has 1 fully saturated rings. The number of nitrogens with zero attached hydrogens (tertiary/aromatic N) is 4. The number of hydrogen-bond acceptors (Lipinski definition) is 4. The number of aromatic nitrogens is 4. The number of ether oxygens (including phenoxy) is 1. The molecule has 0 saturated carbocycles. The van der Waals surface area contributed by atoms with Crippen LogP contribution < -0.4 is 0 Å². The van der Waals surface area contributed by atoms with Crippen molar-refractivity contribution in [2.45, 2.75) is 0 Å².